The number of halogens is 5. The molecule has 0 bridgehead atoms. The highest BCUT2D eigenvalue weighted by atomic mass is 35.5. The molecule has 2 heterocycles. The lowest BCUT2D eigenvalue weighted by Crippen LogP contribution is -2.44. The van der Waals surface area contributed by atoms with Gasteiger partial charge in [-0.3, -0.25) is 19.7 Å². The number of hydrogen-bond acceptors (Lipinski definition) is 5. The molecule has 0 saturated heterocycles. The molecule has 4 rings (SSSR count). The van der Waals surface area contributed by atoms with Gasteiger partial charge >= 0.3 is 6.03 Å². The molecule has 2 aromatic heterocycles. The largest absolute Gasteiger partial charge is 0.379 e. The van der Waals surface area contributed by atoms with Gasteiger partial charge in [0.15, 0.2) is 0 Å². The molecule has 0 aliphatic heterocycles. The third-order valence-electron chi connectivity index (χ3n) is 5.75. The van der Waals surface area contributed by atoms with E-state index in [1.54, 1.807) is 31.3 Å². The Hall–Kier alpha value is -3.01. The first-order valence-electron chi connectivity index (χ1n) is 11.1. The summed E-state index contributed by atoms with van der Waals surface area (Å²) in [5.41, 5.74) is 9.65. The van der Waals surface area contributed by atoms with Gasteiger partial charge in [-0.2, -0.15) is 0 Å². The lowest BCUT2D eigenvalue weighted by atomic mass is 10.1. The molecule has 0 unspecified atom stereocenters. The third-order valence-corrected chi connectivity index (χ3v) is 6.53. The van der Waals surface area contributed by atoms with Crippen LogP contribution in [0.25, 0.3) is 10.9 Å². The average Bonchev–Trinajstić information content (AvgIpc) is 2.87. The molecule has 0 aliphatic rings. The van der Waals surface area contributed by atoms with Gasteiger partial charge in [0, 0.05) is 53.3 Å². The number of anilines is 3. The predicted molar refractivity (Wildman–Crippen MR) is 167 cm³/mol. The zero-order valence-corrected chi connectivity index (χ0v) is 24.9. The number of nitrogens with zero attached hydrogens (tertiary/aromatic N) is 4. The molecule has 0 fully saturated rings. The SMILES string of the molecule is Cc1ccc2cccc(NCc3c(Cl)ccc(N(C)C(=O)CN(C(N)=O)c4ccncc4)c3Cl)c2n1.Cl.Cl.Cl. The fourth-order valence-electron chi connectivity index (χ4n) is 3.77. The lowest BCUT2D eigenvalue weighted by Gasteiger charge is -2.25. The van der Waals surface area contributed by atoms with E-state index in [0.29, 0.717) is 33.5 Å². The van der Waals surface area contributed by atoms with Crippen molar-refractivity contribution in [3.8, 4) is 0 Å². The summed E-state index contributed by atoms with van der Waals surface area (Å²) >= 11 is 13.2. The van der Waals surface area contributed by atoms with Crippen LogP contribution in [0.15, 0.2) is 67.0 Å². The van der Waals surface area contributed by atoms with Gasteiger partial charge < -0.3 is 16.0 Å². The van der Waals surface area contributed by atoms with Gasteiger partial charge in [-0.25, -0.2) is 4.79 Å². The zero-order valence-electron chi connectivity index (χ0n) is 20.9. The Morgan fingerprint density at radius 2 is 1.67 bits per heavy atom. The maximum absolute atomic E-state index is 13.1. The molecule has 39 heavy (non-hydrogen) atoms. The number of carbonyl (C=O) groups is 2. The molecule has 13 heteroatoms. The quantitative estimate of drug-likeness (QED) is 0.237. The number of carbonyl (C=O) groups excluding carboxylic acids is 2. The predicted octanol–water partition coefficient (Wildman–Crippen LogP) is 6.67. The number of pyridine rings is 2. The second-order valence-electron chi connectivity index (χ2n) is 8.13. The van der Waals surface area contributed by atoms with Gasteiger partial charge in [0.2, 0.25) is 5.91 Å². The maximum atomic E-state index is 13.1. The molecule has 208 valence electrons. The third kappa shape index (κ3) is 7.77. The first-order chi connectivity index (χ1) is 17.3. The second-order valence-corrected chi connectivity index (χ2v) is 8.91. The number of urea groups is 1. The molecule has 8 nitrogen and oxygen atoms in total. The van der Waals surface area contributed by atoms with E-state index in [1.165, 1.54) is 22.2 Å². The number of nitrogens with one attached hydrogen (secondary N) is 1. The molecule has 0 spiro atoms. The summed E-state index contributed by atoms with van der Waals surface area (Å²) in [7, 11) is 1.58. The number of aromatic nitrogens is 2. The van der Waals surface area contributed by atoms with Gasteiger partial charge in [-0.15, -0.1) is 37.2 Å². The summed E-state index contributed by atoms with van der Waals surface area (Å²) in [6.07, 6.45) is 3.03. The first-order valence-corrected chi connectivity index (χ1v) is 11.8. The minimum absolute atomic E-state index is 0. The van der Waals surface area contributed by atoms with Crippen LogP contribution in [-0.2, 0) is 11.3 Å². The molecule has 0 atom stereocenters. The van der Waals surface area contributed by atoms with Gasteiger partial charge in [0.1, 0.15) is 6.54 Å². The van der Waals surface area contributed by atoms with E-state index < -0.39 is 6.03 Å². The highest BCUT2D eigenvalue weighted by Crippen LogP contribution is 2.35. The Balaban J connectivity index is 0.00000253. The van der Waals surface area contributed by atoms with E-state index >= 15 is 0 Å². The van der Waals surface area contributed by atoms with Gasteiger partial charge in [-0.05, 0) is 43.3 Å². The Labute approximate surface area is 255 Å². The van der Waals surface area contributed by atoms with Gasteiger partial charge in [-0.1, -0.05) is 41.4 Å². The summed E-state index contributed by atoms with van der Waals surface area (Å²) in [4.78, 5) is 36.2. The summed E-state index contributed by atoms with van der Waals surface area (Å²) in [6, 6.07) is 15.6. The van der Waals surface area contributed by atoms with Crippen LogP contribution in [-0.4, -0.2) is 35.5 Å². The van der Waals surface area contributed by atoms with Crippen LogP contribution < -0.4 is 20.9 Å². The Morgan fingerprint density at radius 1 is 0.974 bits per heavy atom. The van der Waals surface area contributed by atoms with Crippen LogP contribution in [0.1, 0.15) is 11.3 Å². The average molecular weight is 633 g/mol. The van der Waals surface area contributed by atoms with E-state index in [4.69, 9.17) is 28.9 Å². The standard InChI is InChI=1S/C26H24Cl2N6O2.3ClH/c1-16-6-7-17-4-3-5-21(25(17)32-16)31-14-19-20(27)8-9-22(24(19)28)33(2)23(35)15-34(26(29)36)18-10-12-30-13-11-18;;;/h3-13,31H,14-15H2,1-2H3,(H2,29,36);3*1H. The van der Waals surface area contributed by atoms with Crippen LogP contribution in [0, 0.1) is 6.92 Å². The van der Waals surface area contributed by atoms with Crippen LogP contribution in [0.2, 0.25) is 10.0 Å². The first kappa shape index (κ1) is 34.0. The number of hydrogen-bond donors (Lipinski definition) is 2. The number of primary amides is 1. The molecule has 0 aliphatic carbocycles. The zero-order chi connectivity index (χ0) is 25.8. The number of benzene rings is 2. The Morgan fingerprint density at radius 3 is 2.33 bits per heavy atom. The van der Waals surface area contributed by atoms with Crippen molar-refractivity contribution in [3.05, 3.63) is 88.3 Å². The molecule has 0 saturated carbocycles. The van der Waals surface area contributed by atoms with Crippen molar-refractivity contribution >= 4 is 100 Å². The Bertz CT molecular complexity index is 1440. The summed E-state index contributed by atoms with van der Waals surface area (Å²) in [6.45, 7) is 1.98. The smallest absolute Gasteiger partial charge is 0.319 e. The van der Waals surface area contributed by atoms with Crippen molar-refractivity contribution in [2.75, 3.05) is 28.7 Å². The molecule has 3 amide bonds. The van der Waals surface area contributed by atoms with E-state index in [1.807, 2.05) is 37.3 Å². The van der Waals surface area contributed by atoms with Crippen LogP contribution in [0.5, 0.6) is 0 Å². The van der Waals surface area contributed by atoms with E-state index in [0.717, 1.165) is 22.3 Å². The summed E-state index contributed by atoms with van der Waals surface area (Å²) in [5, 5.41) is 5.16. The number of likely N-dealkylation sites (N-methyl/N-ethyl adjacent to an activating group) is 1. The van der Waals surface area contributed by atoms with Crippen LogP contribution >= 0.6 is 60.4 Å². The molecule has 4 aromatic rings. The summed E-state index contributed by atoms with van der Waals surface area (Å²) in [5.74, 6) is -0.387. The van der Waals surface area contributed by atoms with Crippen molar-refractivity contribution in [2.45, 2.75) is 13.5 Å². The molecule has 3 N–H and O–H groups in total. The number of nitrogens with two attached hydrogens (primary N) is 1. The normalized spacial score (nSPS) is 9.95. The number of amides is 3. The number of aryl methyl sites for hydroxylation is 1. The second kappa shape index (κ2) is 15.0. The van der Waals surface area contributed by atoms with Gasteiger partial charge in [0.25, 0.3) is 0 Å². The molecule has 2 aromatic carbocycles. The van der Waals surface area contributed by atoms with E-state index in [-0.39, 0.29) is 49.7 Å². The number of rotatable bonds is 7. The van der Waals surface area contributed by atoms with Crippen molar-refractivity contribution in [3.63, 3.8) is 0 Å². The lowest BCUT2D eigenvalue weighted by molar-refractivity contribution is -0.117. The highest BCUT2D eigenvalue weighted by molar-refractivity contribution is 6.38. The summed E-state index contributed by atoms with van der Waals surface area (Å²) < 4.78 is 0. The van der Waals surface area contributed by atoms with Gasteiger partial charge in [0.05, 0.1) is 21.9 Å². The van der Waals surface area contributed by atoms with Crippen molar-refractivity contribution in [1.29, 1.82) is 0 Å². The molecular formula is C26H27Cl5N6O2. The van der Waals surface area contributed by atoms with E-state index in [2.05, 4.69) is 15.3 Å². The van der Waals surface area contributed by atoms with Crippen molar-refractivity contribution in [1.82, 2.24) is 9.97 Å². The van der Waals surface area contributed by atoms with Crippen LogP contribution in [0.3, 0.4) is 0 Å². The van der Waals surface area contributed by atoms with Crippen LogP contribution in [0.4, 0.5) is 21.9 Å². The van der Waals surface area contributed by atoms with Crippen molar-refractivity contribution < 1.29 is 9.59 Å². The Kier molecular flexibility index (Phi) is 13.0. The molecular weight excluding hydrogens is 606 g/mol. The number of fused-ring (bicyclic) bond motifs is 1. The van der Waals surface area contributed by atoms with E-state index in [9.17, 15) is 9.59 Å². The highest BCUT2D eigenvalue weighted by Gasteiger charge is 2.23. The van der Waals surface area contributed by atoms with Crippen molar-refractivity contribution in [2.24, 2.45) is 5.73 Å². The monoisotopic (exact) mass is 630 g/mol. The minimum Gasteiger partial charge on any atom is -0.379 e. The fourth-order valence-corrected chi connectivity index (χ4v) is 4.40. The minimum atomic E-state index is -0.756. The molecule has 0 radical (unpaired) electrons. The fraction of sp³-hybridized carbons (Fsp3) is 0.154. The number of para-hydroxylation sites is 1. The maximum Gasteiger partial charge on any atom is 0.319 e. The topological polar surface area (TPSA) is 104 Å².